The van der Waals surface area contributed by atoms with Gasteiger partial charge in [0.15, 0.2) is 5.13 Å². The summed E-state index contributed by atoms with van der Waals surface area (Å²) in [5.74, 6) is -0.210. The molecular weight excluding hydrogens is 396 g/mol. The van der Waals surface area contributed by atoms with Crippen molar-refractivity contribution in [3.63, 3.8) is 0 Å². The van der Waals surface area contributed by atoms with Crippen LogP contribution in [0.2, 0.25) is 0 Å². The quantitative estimate of drug-likeness (QED) is 0.523. The largest absolute Gasteiger partial charge is 0.337 e. The highest BCUT2D eigenvalue weighted by Gasteiger charge is 2.18. The number of rotatable bonds is 6. The van der Waals surface area contributed by atoms with Gasteiger partial charge in [0, 0.05) is 12.2 Å². The summed E-state index contributed by atoms with van der Waals surface area (Å²) in [5.41, 5.74) is 6.05. The molecule has 7 heteroatoms. The van der Waals surface area contributed by atoms with Crippen LogP contribution < -0.4 is 16.0 Å². The summed E-state index contributed by atoms with van der Waals surface area (Å²) in [6.45, 7) is 8.37. The summed E-state index contributed by atoms with van der Waals surface area (Å²) in [6.07, 6.45) is 7.95. The summed E-state index contributed by atoms with van der Waals surface area (Å²) >= 11 is 1.19. The normalized spacial score (nSPS) is 13.5. The minimum absolute atomic E-state index is 0.210. The number of carbonyl (C=O) groups excluding carboxylic acids is 2. The van der Waals surface area contributed by atoms with Crippen molar-refractivity contribution in [2.75, 3.05) is 17.2 Å². The van der Waals surface area contributed by atoms with Crippen molar-refractivity contribution in [1.29, 1.82) is 0 Å². The minimum atomic E-state index is -0.294. The lowest BCUT2D eigenvalue weighted by atomic mass is 9.97. The highest BCUT2D eigenvalue weighted by molar-refractivity contribution is 7.17. The molecule has 160 valence electrons. The minimum Gasteiger partial charge on any atom is -0.337 e. The first-order valence-electron chi connectivity index (χ1n) is 10.4. The van der Waals surface area contributed by atoms with E-state index in [1.165, 1.54) is 29.8 Å². The average Bonchev–Trinajstić information content (AvgIpc) is 3.05. The third-order valence-electron chi connectivity index (χ3n) is 5.26. The maximum absolute atomic E-state index is 12.8. The zero-order valence-electron chi connectivity index (χ0n) is 18.1. The number of anilines is 2. The first kappa shape index (κ1) is 22.0. The Kier molecular flexibility index (Phi) is 7.26. The Labute approximate surface area is 182 Å². The second-order valence-corrected chi connectivity index (χ2v) is 8.90. The van der Waals surface area contributed by atoms with Crippen LogP contribution in [0.4, 0.5) is 15.6 Å². The van der Waals surface area contributed by atoms with E-state index in [9.17, 15) is 9.59 Å². The van der Waals surface area contributed by atoms with Gasteiger partial charge in [-0.25, -0.2) is 9.78 Å². The van der Waals surface area contributed by atoms with E-state index in [2.05, 4.69) is 27.0 Å². The molecule has 1 aliphatic carbocycles. The second kappa shape index (κ2) is 9.89. The molecule has 0 aliphatic heterocycles. The number of urea groups is 1. The molecule has 2 aromatic rings. The number of nitrogens with one attached hydrogen (secondary N) is 3. The molecule has 1 heterocycles. The fourth-order valence-electron chi connectivity index (χ4n) is 3.82. The Morgan fingerprint density at radius 2 is 1.80 bits per heavy atom. The molecule has 3 amide bonds. The van der Waals surface area contributed by atoms with Crippen LogP contribution in [0.3, 0.4) is 0 Å². The number of allylic oxidation sites excluding steroid dienone is 1. The number of nitrogens with zero attached hydrogens (tertiary/aromatic N) is 1. The topological polar surface area (TPSA) is 83.1 Å². The van der Waals surface area contributed by atoms with Crippen LogP contribution in [0.15, 0.2) is 23.8 Å². The van der Waals surface area contributed by atoms with Gasteiger partial charge in [-0.05, 0) is 70.9 Å². The van der Waals surface area contributed by atoms with Gasteiger partial charge >= 0.3 is 6.03 Å². The summed E-state index contributed by atoms with van der Waals surface area (Å²) in [7, 11) is 0. The van der Waals surface area contributed by atoms with Gasteiger partial charge in [0.05, 0.1) is 5.69 Å². The number of benzene rings is 1. The molecule has 0 radical (unpaired) electrons. The van der Waals surface area contributed by atoms with Gasteiger partial charge in [-0.15, -0.1) is 0 Å². The third kappa shape index (κ3) is 5.69. The molecule has 1 aliphatic rings. The molecule has 1 aromatic heterocycles. The van der Waals surface area contributed by atoms with Gasteiger partial charge < -0.3 is 10.6 Å². The van der Waals surface area contributed by atoms with Crippen LogP contribution in [0.1, 0.15) is 64.2 Å². The van der Waals surface area contributed by atoms with Gasteiger partial charge in [0.1, 0.15) is 4.88 Å². The number of amides is 3. The van der Waals surface area contributed by atoms with Crippen molar-refractivity contribution < 1.29 is 9.59 Å². The van der Waals surface area contributed by atoms with E-state index < -0.39 is 0 Å². The molecule has 0 fully saturated rings. The number of hydrogen-bond acceptors (Lipinski definition) is 4. The van der Waals surface area contributed by atoms with Crippen molar-refractivity contribution in [2.24, 2.45) is 0 Å². The van der Waals surface area contributed by atoms with Gasteiger partial charge in [-0.3, -0.25) is 10.1 Å². The Bertz CT molecular complexity index is 955. The van der Waals surface area contributed by atoms with E-state index in [-0.39, 0.29) is 11.9 Å². The predicted octanol–water partition coefficient (Wildman–Crippen LogP) is 5.64. The average molecular weight is 427 g/mol. The van der Waals surface area contributed by atoms with Crippen LogP contribution in [0.5, 0.6) is 0 Å². The number of carbonyl (C=O) groups is 2. The Hall–Kier alpha value is -2.67. The number of aromatic nitrogens is 1. The van der Waals surface area contributed by atoms with E-state index in [1.807, 2.05) is 32.9 Å². The smallest absolute Gasteiger partial charge is 0.321 e. The molecule has 0 saturated heterocycles. The molecular formula is C23H30N4O2S. The molecule has 0 bridgehead atoms. The lowest BCUT2D eigenvalue weighted by Crippen LogP contribution is -2.29. The molecule has 0 atom stereocenters. The second-order valence-electron chi connectivity index (χ2n) is 7.90. The van der Waals surface area contributed by atoms with Crippen LogP contribution >= 0.6 is 11.3 Å². The monoisotopic (exact) mass is 426 g/mol. The Balaban J connectivity index is 1.57. The van der Waals surface area contributed by atoms with Crippen molar-refractivity contribution >= 4 is 34.1 Å². The summed E-state index contributed by atoms with van der Waals surface area (Å²) in [6, 6.07) is 3.79. The Morgan fingerprint density at radius 3 is 2.47 bits per heavy atom. The highest BCUT2D eigenvalue weighted by Crippen LogP contribution is 2.27. The summed E-state index contributed by atoms with van der Waals surface area (Å²) in [4.78, 5) is 29.8. The molecule has 0 spiro atoms. The van der Waals surface area contributed by atoms with E-state index in [1.54, 1.807) is 6.92 Å². The number of hydrogen-bond donors (Lipinski definition) is 3. The first-order chi connectivity index (χ1) is 14.3. The van der Waals surface area contributed by atoms with Crippen LogP contribution in [-0.2, 0) is 0 Å². The van der Waals surface area contributed by atoms with Crippen LogP contribution in [0, 0.1) is 27.7 Å². The van der Waals surface area contributed by atoms with Crippen molar-refractivity contribution in [3.05, 3.63) is 51.0 Å². The van der Waals surface area contributed by atoms with Crippen molar-refractivity contribution in [1.82, 2.24) is 10.3 Å². The predicted molar refractivity (Wildman–Crippen MR) is 124 cm³/mol. The molecule has 30 heavy (non-hydrogen) atoms. The SMILES string of the molecule is Cc1cc(C)c(NC(=O)c2sc(NC(=O)NCCC3=CCCCC3)nc2C)c(C)c1. The molecule has 3 N–H and O–H groups in total. The molecule has 0 saturated carbocycles. The van der Waals surface area contributed by atoms with Crippen LogP contribution in [0.25, 0.3) is 0 Å². The fraction of sp³-hybridized carbons (Fsp3) is 0.435. The lowest BCUT2D eigenvalue weighted by Gasteiger charge is -2.12. The summed E-state index contributed by atoms with van der Waals surface area (Å²) in [5, 5.41) is 9.04. The maximum Gasteiger partial charge on any atom is 0.321 e. The standard InChI is InChI=1S/C23H30N4O2S/c1-14-12-15(2)19(16(3)13-14)26-21(28)20-17(4)25-23(30-20)27-22(29)24-11-10-18-8-6-5-7-9-18/h8,12-13H,5-7,9-11H2,1-4H3,(H,26,28)(H2,24,25,27,29). The Morgan fingerprint density at radius 1 is 1.07 bits per heavy atom. The lowest BCUT2D eigenvalue weighted by molar-refractivity contribution is 0.102. The first-order valence-corrected chi connectivity index (χ1v) is 11.2. The fourth-order valence-corrected chi connectivity index (χ4v) is 4.67. The molecule has 6 nitrogen and oxygen atoms in total. The van der Waals surface area contributed by atoms with Gasteiger partial charge in [-0.2, -0.15) is 0 Å². The van der Waals surface area contributed by atoms with E-state index in [0.717, 1.165) is 41.6 Å². The maximum atomic E-state index is 12.8. The van der Waals surface area contributed by atoms with Gasteiger partial charge in [0.25, 0.3) is 5.91 Å². The van der Waals surface area contributed by atoms with Crippen molar-refractivity contribution in [3.8, 4) is 0 Å². The van der Waals surface area contributed by atoms with E-state index in [4.69, 9.17) is 0 Å². The zero-order valence-corrected chi connectivity index (χ0v) is 19.0. The van der Waals surface area contributed by atoms with Crippen LogP contribution in [-0.4, -0.2) is 23.5 Å². The number of aryl methyl sites for hydroxylation is 4. The zero-order chi connectivity index (χ0) is 21.7. The molecule has 0 unspecified atom stereocenters. The molecule has 3 rings (SSSR count). The highest BCUT2D eigenvalue weighted by atomic mass is 32.1. The molecule has 1 aromatic carbocycles. The van der Waals surface area contributed by atoms with E-state index in [0.29, 0.717) is 22.2 Å². The van der Waals surface area contributed by atoms with Gasteiger partial charge in [-0.1, -0.05) is 40.7 Å². The van der Waals surface area contributed by atoms with Crippen molar-refractivity contribution in [2.45, 2.75) is 59.8 Å². The van der Waals surface area contributed by atoms with E-state index >= 15 is 0 Å². The third-order valence-corrected chi connectivity index (χ3v) is 6.33. The van der Waals surface area contributed by atoms with Gasteiger partial charge in [0.2, 0.25) is 0 Å². The number of thiazole rings is 1. The summed E-state index contributed by atoms with van der Waals surface area (Å²) < 4.78 is 0.